The molecule has 0 radical (unpaired) electrons. The fourth-order valence-corrected chi connectivity index (χ4v) is 4.11. The molecule has 12 nitrogen and oxygen atoms in total. The molecular formula is C19H17N7O5S2. The molecule has 0 saturated carbocycles. The van der Waals surface area contributed by atoms with Gasteiger partial charge in [-0.25, -0.2) is 33.3 Å². The summed E-state index contributed by atoms with van der Waals surface area (Å²) >= 11 is 0.968. The molecule has 0 saturated heterocycles. The van der Waals surface area contributed by atoms with Gasteiger partial charge < -0.3 is 14.8 Å². The number of carboxylic acids is 1. The summed E-state index contributed by atoms with van der Waals surface area (Å²) in [5.41, 5.74) is 1.60. The molecule has 0 aliphatic heterocycles. The molecule has 33 heavy (non-hydrogen) atoms. The molecule has 0 atom stereocenters. The minimum Gasteiger partial charge on any atom is -0.477 e. The van der Waals surface area contributed by atoms with E-state index in [1.807, 2.05) is 0 Å². The topological polar surface area (TPSA) is 186 Å². The Kier molecular flexibility index (Phi) is 6.04. The van der Waals surface area contributed by atoms with E-state index >= 15 is 0 Å². The zero-order valence-corrected chi connectivity index (χ0v) is 18.6. The number of rotatable bonds is 8. The first-order chi connectivity index (χ1) is 15.7. The lowest BCUT2D eigenvalue weighted by molar-refractivity contribution is 0.0701. The van der Waals surface area contributed by atoms with Crippen LogP contribution >= 0.6 is 11.3 Å². The van der Waals surface area contributed by atoms with Crippen molar-refractivity contribution in [3.8, 4) is 11.5 Å². The molecule has 14 heteroatoms. The Balaban J connectivity index is 1.59. The van der Waals surface area contributed by atoms with Gasteiger partial charge in [0.05, 0.1) is 16.8 Å². The first kappa shape index (κ1) is 22.3. The molecule has 0 unspecified atom stereocenters. The maximum Gasteiger partial charge on any atom is 0.347 e. The van der Waals surface area contributed by atoms with Crippen molar-refractivity contribution >= 4 is 44.2 Å². The van der Waals surface area contributed by atoms with Crippen LogP contribution in [0.25, 0.3) is 11.5 Å². The maximum absolute atomic E-state index is 11.4. The van der Waals surface area contributed by atoms with Gasteiger partial charge in [0.2, 0.25) is 16.0 Å². The zero-order valence-electron chi connectivity index (χ0n) is 17.0. The maximum atomic E-state index is 11.4. The molecule has 0 spiro atoms. The monoisotopic (exact) mass is 487 g/mol. The molecule has 0 amide bonds. The van der Waals surface area contributed by atoms with Crippen molar-refractivity contribution in [3.63, 3.8) is 0 Å². The van der Waals surface area contributed by atoms with E-state index in [4.69, 9.17) is 9.56 Å². The van der Waals surface area contributed by atoms with Crippen molar-refractivity contribution < 1.29 is 22.7 Å². The highest BCUT2D eigenvalue weighted by molar-refractivity contribution is 7.89. The SMILES string of the molecule is Cc1nc(Nc2nc(NCc3ccc(S(N)(=O)=O)cc3)cc(-c3cnco3)n2)sc1C(=O)O. The average molecular weight is 488 g/mol. The number of hydrogen-bond donors (Lipinski definition) is 4. The van der Waals surface area contributed by atoms with E-state index in [1.54, 1.807) is 25.1 Å². The number of benzene rings is 1. The second-order valence-electron chi connectivity index (χ2n) is 6.73. The summed E-state index contributed by atoms with van der Waals surface area (Å²) < 4.78 is 28.1. The normalized spacial score (nSPS) is 11.3. The van der Waals surface area contributed by atoms with Gasteiger partial charge >= 0.3 is 5.97 Å². The van der Waals surface area contributed by atoms with Gasteiger partial charge in [0.15, 0.2) is 17.3 Å². The van der Waals surface area contributed by atoms with Crippen LogP contribution in [0.3, 0.4) is 0 Å². The molecule has 0 aliphatic rings. The van der Waals surface area contributed by atoms with Crippen LogP contribution in [0.15, 0.2) is 52.2 Å². The van der Waals surface area contributed by atoms with E-state index in [2.05, 4.69) is 30.6 Å². The Hall–Kier alpha value is -3.88. The van der Waals surface area contributed by atoms with Gasteiger partial charge in [-0.2, -0.15) is 4.98 Å². The van der Waals surface area contributed by atoms with E-state index in [-0.39, 0.29) is 15.7 Å². The fraction of sp³-hybridized carbons (Fsp3) is 0.105. The van der Waals surface area contributed by atoms with Crippen LogP contribution in [0.1, 0.15) is 20.9 Å². The van der Waals surface area contributed by atoms with Gasteiger partial charge in [-0.15, -0.1) is 0 Å². The van der Waals surface area contributed by atoms with Crippen molar-refractivity contribution in [1.82, 2.24) is 19.9 Å². The summed E-state index contributed by atoms with van der Waals surface area (Å²) in [5.74, 6) is -0.0597. The van der Waals surface area contributed by atoms with Crippen LogP contribution in [-0.2, 0) is 16.6 Å². The lowest BCUT2D eigenvalue weighted by Crippen LogP contribution is -2.12. The highest BCUT2D eigenvalue weighted by atomic mass is 32.2. The average Bonchev–Trinajstić information content (AvgIpc) is 3.42. The molecule has 1 aromatic carbocycles. The molecule has 0 bridgehead atoms. The first-order valence-corrected chi connectivity index (χ1v) is 11.7. The molecule has 5 N–H and O–H groups in total. The smallest absolute Gasteiger partial charge is 0.347 e. The lowest BCUT2D eigenvalue weighted by atomic mass is 10.2. The van der Waals surface area contributed by atoms with Crippen molar-refractivity contribution in [2.75, 3.05) is 10.6 Å². The van der Waals surface area contributed by atoms with Gasteiger partial charge in [-0.3, -0.25) is 5.32 Å². The third-order valence-electron chi connectivity index (χ3n) is 4.35. The lowest BCUT2D eigenvalue weighted by Gasteiger charge is -2.10. The molecule has 3 aromatic heterocycles. The van der Waals surface area contributed by atoms with Crippen LogP contribution in [0, 0.1) is 6.92 Å². The van der Waals surface area contributed by atoms with Crippen molar-refractivity contribution in [2.24, 2.45) is 5.14 Å². The van der Waals surface area contributed by atoms with Crippen molar-refractivity contribution in [2.45, 2.75) is 18.4 Å². The minimum atomic E-state index is -3.77. The predicted molar refractivity (Wildman–Crippen MR) is 120 cm³/mol. The summed E-state index contributed by atoms with van der Waals surface area (Å²) in [7, 11) is -3.77. The molecule has 4 rings (SSSR count). The predicted octanol–water partition coefficient (Wildman–Crippen LogP) is 2.60. The highest BCUT2D eigenvalue weighted by Gasteiger charge is 2.16. The van der Waals surface area contributed by atoms with Gasteiger partial charge in [0, 0.05) is 12.6 Å². The number of primary sulfonamides is 1. The summed E-state index contributed by atoms with van der Waals surface area (Å²) in [5, 5.41) is 20.7. The third kappa shape index (κ3) is 5.31. The molecule has 4 aromatic rings. The number of nitrogens with one attached hydrogen (secondary N) is 2. The Morgan fingerprint density at radius 2 is 1.97 bits per heavy atom. The Bertz CT molecular complexity index is 1400. The number of anilines is 3. The number of carbonyl (C=O) groups is 1. The fourth-order valence-electron chi connectivity index (χ4n) is 2.80. The van der Waals surface area contributed by atoms with Gasteiger partial charge in [0.25, 0.3) is 0 Å². The number of nitrogens with zero attached hydrogens (tertiary/aromatic N) is 4. The van der Waals surface area contributed by atoms with Crippen LogP contribution < -0.4 is 15.8 Å². The summed E-state index contributed by atoms with van der Waals surface area (Å²) in [6.45, 7) is 1.93. The van der Waals surface area contributed by atoms with E-state index < -0.39 is 16.0 Å². The van der Waals surface area contributed by atoms with Gasteiger partial charge in [0.1, 0.15) is 16.4 Å². The summed E-state index contributed by atoms with van der Waals surface area (Å²) in [6.07, 6.45) is 2.77. The van der Waals surface area contributed by atoms with E-state index in [1.165, 1.54) is 24.7 Å². The number of carboxylic acid groups (broad SMARTS) is 1. The van der Waals surface area contributed by atoms with E-state index in [0.717, 1.165) is 16.9 Å². The summed E-state index contributed by atoms with van der Waals surface area (Å²) in [6, 6.07) is 7.76. The number of thiazole rings is 1. The van der Waals surface area contributed by atoms with Gasteiger partial charge in [-0.05, 0) is 24.6 Å². The Morgan fingerprint density at radius 3 is 2.58 bits per heavy atom. The van der Waals surface area contributed by atoms with E-state index in [0.29, 0.717) is 34.6 Å². The first-order valence-electron chi connectivity index (χ1n) is 9.30. The number of aromatic nitrogens is 4. The number of oxazole rings is 1. The zero-order chi connectivity index (χ0) is 23.6. The number of aryl methyl sites for hydroxylation is 1. The van der Waals surface area contributed by atoms with E-state index in [9.17, 15) is 18.3 Å². The van der Waals surface area contributed by atoms with Gasteiger partial charge in [-0.1, -0.05) is 23.5 Å². The second kappa shape index (κ2) is 8.93. The quantitative estimate of drug-likeness (QED) is 0.286. The largest absolute Gasteiger partial charge is 0.477 e. The third-order valence-corrected chi connectivity index (χ3v) is 6.34. The second-order valence-corrected chi connectivity index (χ2v) is 9.29. The Labute approximate surface area is 191 Å². The van der Waals surface area contributed by atoms with Crippen LogP contribution in [0.2, 0.25) is 0 Å². The summed E-state index contributed by atoms with van der Waals surface area (Å²) in [4.78, 5) is 28.3. The van der Waals surface area contributed by atoms with Crippen LogP contribution in [0.5, 0.6) is 0 Å². The number of nitrogens with two attached hydrogens (primary N) is 1. The molecule has 170 valence electrons. The van der Waals surface area contributed by atoms with Crippen molar-refractivity contribution in [1.29, 1.82) is 0 Å². The molecular weight excluding hydrogens is 470 g/mol. The molecule has 0 fully saturated rings. The Morgan fingerprint density at radius 1 is 1.21 bits per heavy atom. The van der Waals surface area contributed by atoms with Crippen LogP contribution in [0.4, 0.5) is 16.9 Å². The number of aromatic carboxylic acids is 1. The molecule has 0 aliphatic carbocycles. The number of hydrogen-bond acceptors (Lipinski definition) is 11. The number of sulfonamides is 1. The minimum absolute atomic E-state index is 0.0202. The van der Waals surface area contributed by atoms with Crippen molar-refractivity contribution in [3.05, 3.63) is 59.1 Å². The van der Waals surface area contributed by atoms with Crippen LogP contribution in [-0.4, -0.2) is 39.4 Å². The highest BCUT2D eigenvalue weighted by Crippen LogP contribution is 2.27. The molecule has 3 heterocycles. The standard InChI is InChI=1S/C19H17N7O5S2/c1-10-16(17(27)28)32-19(23-10)26-18-24-13(14-8-21-9-31-14)6-15(25-18)22-7-11-2-4-12(5-3-11)33(20,29)30/h2-6,8-9H,7H2,1H3,(H,27,28)(H2,20,29,30)(H2,22,23,24,25,26).